The summed E-state index contributed by atoms with van der Waals surface area (Å²) < 4.78 is 34.1. The lowest BCUT2D eigenvalue weighted by atomic mass is 9.93. The molecule has 9 heteroatoms. The summed E-state index contributed by atoms with van der Waals surface area (Å²) in [6.07, 6.45) is 1.33. The Balaban J connectivity index is 1.47. The highest BCUT2D eigenvalue weighted by Crippen LogP contribution is 2.44. The van der Waals surface area contributed by atoms with Crippen molar-refractivity contribution in [1.82, 2.24) is 0 Å². The Labute approximate surface area is 245 Å². The van der Waals surface area contributed by atoms with E-state index in [1.807, 2.05) is 54.6 Å². The second-order valence-corrected chi connectivity index (χ2v) is 10.1. The van der Waals surface area contributed by atoms with Crippen LogP contribution < -0.4 is 18.9 Å². The number of carbonyl (C=O) groups excluding carboxylic acids is 3. The summed E-state index contributed by atoms with van der Waals surface area (Å²) in [6, 6.07) is 21.2. The third-order valence-corrected chi connectivity index (χ3v) is 6.75. The number of hydrogen-bond donors (Lipinski definition) is 0. The van der Waals surface area contributed by atoms with Crippen molar-refractivity contribution in [2.45, 2.75) is 71.4 Å². The molecule has 0 spiro atoms. The van der Waals surface area contributed by atoms with Crippen LogP contribution in [-0.2, 0) is 36.9 Å². The van der Waals surface area contributed by atoms with Crippen molar-refractivity contribution in [2.75, 3.05) is 7.11 Å². The molecular weight excluding hydrogens is 540 g/mol. The summed E-state index contributed by atoms with van der Waals surface area (Å²) in [7, 11) is 1.42. The molecule has 3 atom stereocenters. The molecule has 3 aromatic rings. The zero-order valence-electron chi connectivity index (χ0n) is 24.3. The van der Waals surface area contributed by atoms with Crippen LogP contribution in [0.25, 0.3) is 0 Å². The average Bonchev–Trinajstić information content (AvgIpc) is 2.96. The Hall–Kier alpha value is -4.37. The number of aryl methyl sites for hydroxylation is 1. The topological polar surface area (TPSA) is 107 Å². The van der Waals surface area contributed by atoms with E-state index in [1.165, 1.54) is 27.9 Å². The fourth-order valence-corrected chi connectivity index (χ4v) is 4.93. The van der Waals surface area contributed by atoms with Crippen LogP contribution in [0.1, 0.15) is 62.8 Å². The van der Waals surface area contributed by atoms with E-state index in [1.54, 1.807) is 12.1 Å². The van der Waals surface area contributed by atoms with Gasteiger partial charge in [0, 0.05) is 33.6 Å². The monoisotopic (exact) mass is 576 g/mol. The zero-order valence-corrected chi connectivity index (χ0v) is 24.3. The molecule has 1 fully saturated rings. The minimum Gasteiger partial charge on any atom is -0.493 e. The molecule has 0 amide bonds. The van der Waals surface area contributed by atoms with Crippen molar-refractivity contribution < 1.29 is 42.8 Å². The molecule has 1 aliphatic heterocycles. The van der Waals surface area contributed by atoms with E-state index in [9.17, 15) is 14.4 Å². The largest absolute Gasteiger partial charge is 0.493 e. The van der Waals surface area contributed by atoms with Gasteiger partial charge >= 0.3 is 17.9 Å². The molecule has 1 aliphatic rings. The van der Waals surface area contributed by atoms with E-state index < -0.39 is 18.0 Å². The molecule has 222 valence electrons. The molecule has 0 unspecified atom stereocenters. The molecule has 0 aliphatic carbocycles. The van der Waals surface area contributed by atoms with Crippen LogP contribution in [0.2, 0.25) is 0 Å². The van der Waals surface area contributed by atoms with Gasteiger partial charge in [-0.15, -0.1) is 0 Å². The Morgan fingerprint density at radius 1 is 0.810 bits per heavy atom. The Morgan fingerprint density at radius 3 is 2.14 bits per heavy atom. The quantitative estimate of drug-likeness (QED) is 0.203. The van der Waals surface area contributed by atoms with Gasteiger partial charge in [-0.05, 0) is 53.8 Å². The van der Waals surface area contributed by atoms with Gasteiger partial charge in [-0.1, -0.05) is 42.5 Å². The van der Waals surface area contributed by atoms with Crippen molar-refractivity contribution in [3.8, 4) is 23.0 Å². The highest BCUT2D eigenvalue weighted by Gasteiger charge is 2.33. The first-order valence-corrected chi connectivity index (χ1v) is 13.9. The zero-order chi connectivity index (χ0) is 30.1. The van der Waals surface area contributed by atoms with Crippen molar-refractivity contribution >= 4 is 17.9 Å². The molecule has 42 heavy (non-hydrogen) atoms. The summed E-state index contributed by atoms with van der Waals surface area (Å²) in [5.74, 6) is -0.493. The van der Waals surface area contributed by atoms with Gasteiger partial charge in [0.2, 0.25) is 5.75 Å². The third-order valence-electron chi connectivity index (χ3n) is 6.75. The van der Waals surface area contributed by atoms with Crippen molar-refractivity contribution in [1.29, 1.82) is 0 Å². The predicted octanol–water partition coefficient (Wildman–Crippen LogP) is 5.91. The van der Waals surface area contributed by atoms with Gasteiger partial charge in [0.15, 0.2) is 11.5 Å². The van der Waals surface area contributed by atoms with Crippen LogP contribution in [-0.4, -0.2) is 37.2 Å². The first-order chi connectivity index (χ1) is 20.2. The summed E-state index contributed by atoms with van der Waals surface area (Å²) in [5, 5.41) is 0. The molecular formula is C33H36O9. The average molecular weight is 577 g/mol. The van der Waals surface area contributed by atoms with E-state index in [2.05, 4.69) is 0 Å². The van der Waals surface area contributed by atoms with Gasteiger partial charge in [-0.3, -0.25) is 14.4 Å². The van der Waals surface area contributed by atoms with E-state index in [0.29, 0.717) is 31.4 Å². The van der Waals surface area contributed by atoms with Gasteiger partial charge in [0.25, 0.3) is 0 Å². The van der Waals surface area contributed by atoms with Crippen LogP contribution in [0.15, 0.2) is 66.7 Å². The van der Waals surface area contributed by atoms with E-state index >= 15 is 0 Å². The van der Waals surface area contributed by atoms with Crippen molar-refractivity contribution in [2.24, 2.45) is 0 Å². The Morgan fingerprint density at radius 2 is 1.50 bits per heavy atom. The second-order valence-electron chi connectivity index (χ2n) is 10.1. The lowest BCUT2D eigenvalue weighted by molar-refractivity contribution is -0.160. The molecule has 9 nitrogen and oxygen atoms in total. The Bertz CT molecular complexity index is 1370. The first-order valence-electron chi connectivity index (χ1n) is 13.9. The maximum Gasteiger partial charge on any atom is 0.308 e. The predicted molar refractivity (Wildman–Crippen MR) is 154 cm³/mol. The SMILES string of the molecule is COc1cc([C@@H]2C[C@H](OC(C)=O)C[C@H](CCc3ccc(OCc4ccccc4)cc3)O2)cc(OC(C)=O)c1OC(C)=O. The van der Waals surface area contributed by atoms with Crippen LogP contribution in [0.5, 0.6) is 23.0 Å². The van der Waals surface area contributed by atoms with E-state index in [0.717, 1.165) is 23.3 Å². The molecule has 0 radical (unpaired) electrons. The lowest BCUT2D eigenvalue weighted by Crippen LogP contribution is -2.34. The van der Waals surface area contributed by atoms with Gasteiger partial charge in [0.1, 0.15) is 18.5 Å². The highest BCUT2D eigenvalue weighted by atomic mass is 16.6. The molecule has 0 saturated carbocycles. The lowest BCUT2D eigenvalue weighted by Gasteiger charge is -2.35. The van der Waals surface area contributed by atoms with Crippen LogP contribution in [0.3, 0.4) is 0 Å². The standard InChI is InChI=1S/C33H36O9/c1-21(34)39-29-18-28(15-12-24-10-13-27(14-11-24)38-20-25-8-6-5-7-9-25)42-30(19-29)26-16-31(37-4)33(41-23(3)36)32(17-26)40-22(2)35/h5-11,13-14,16-17,28-30H,12,15,18-20H2,1-4H3/t28-,29+,30-/m0/s1. The maximum absolute atomic E-state index is 11.8. The molecule has 1 heterocycles. The summed E-state index contributed by atoms with van der Waals surface area (Å²) in [4.78, 5) is 35.3. The number of rotatable bonds is 11. The minimum atomic E-state index is -0.589. The van der Waals surface area contributed by atoms with Crippen molar-refractivity contribution in [3.05, 3.63) is 83.4 Å². The van der Waals surface area contributed by atoms with Gasteiger partial charge in [-0.2, -0.15) is 0 Å². The number of methoxy groups -OCH3 is 1. The molecule has 0 bridgehead atoms. The maximum atomic E-state index is 11.8. The van der Waals surface area contributed by atoms with E-state index in [4.69, 9.17) is 28.4 Å². The fourth-order valence-electron chi connectivity index (χ4n) is 4.93. The molecule has 0 aromatic heterocycles. The smallest absolute Gasteiger partial charge is 0.308 e. The van der Waals surface area contributed by atoms with Crippen LogP contribution in [0.4, 0.5) is 0 Å². The second kappa shape index (κ2) is 14.5. The molecule has 0 N–H and O–H groups in total. The number of benzene rings is 3. The minimum absolute atomic E-state index is 0.00374. The third kappa shape index (κ3) is 8.81. The molecule has 4 rings (SSSR count). The van der Waals surface area contributed by atoms with Gasteiger partial charge in [0.05, 0.1) is 19.3 Å². The normalized spacial score (nSPS) is 18.0. The first kappa shape index (κ1) is 30.6. The number of carbonyl (C=O) groups is 3. The van der Waals surface area contributed by atoms with Gasteiger partial charge in [-0.25, -0.2) is 0 Å². The van der Waals surface area contributed by atoms with Crippen molar-refractivity contribution in [3.63, 3.8) is 0 Å². The highest BCUT2D eigenvalue weighted by molar-refractivity contribution is 5.75. The van der Waals surface area contributed by atoms with Crippen LogP contribution in [0, 0.1) is 0 Å². The fraction of sp³-hybridized carbons (Fsp3) is 0.364. The number of hydrogen-bond acceptors (Lipinski definition) is 9. The molecule has 1 saturated heterocycles. The molecule has 3 aromatic carbocycles. The van der Waals surface area contributed by atoms with E-state index in [-0.39, 0.29) is 35.4 Å². The summed E-state index contributed by atoms with van der Waals surface area (Å²) >= 11 is 0. The van der Waals surface area contributed by atoms with Gasteiger partial charge < -0.3 is 28.4 Å². The Kier molecular flexibility index (Phi) is 10.6. The van der Waals surface area contributed by atoms with Crippen LogP contribution >= 0.6 is 0 Å². The summed E-state index contributed by atoms with van der Waals surface area (Å²) in [5.41, 5.74) is 2.87. The number of esters is 3. The summed E-state index contributed by atoms with van der Waals surface area (Å²) in [6.45, 7) is 4.38. The number of ether oxygens (including phenoxy) is 6.